The fourth-order valence-electron chi connectivity index (χ4n) is 2.96. The Bertz CT molecular complexity index is 934. The first kappa shape index (κ1) is 10.9. The van der Waals surface area contributed by atoms with Gasteiger partial charge in [-0.1, -0.05) is 18.2 Å². The van der Waals surface area contributed by atoms with Crippen molar-refractivity contribution in [3.8, 4) is 0 Å². The van der Waals surface area contributed by atoms with Crippen molar-refractivity contribution in [3.63, 3.8) is 0 Å². The lowest BCUT2D eigenvalue weighted by Gasteiger charge is -2.08. The van der Waals surface area contributed by atoms with E-state index in [-0.39, 0.29) is 0 Å². The van der Waals surface area contributed by atoms with Gasteiger partial charge in [-0.05, 0) is 42.5 Å². The number of hydrogen-bond donors (Lipinski definition) is 0. The van der Waals surface area contributed by atoms with Gasteiger partial charge in [0.15, 0.2) is 0 Å². The molecule has 0 saturated heterocycles. The third kappa shape index (κ3) is 1.38. The Balaban J connectivity index is 2.39. The summed E-state index contributed by atoms with van der Waals surface area (Å²) in [5.74, 6) is 0. The molecule has 0 N–H and O–H groups in total. The molecule has 1 nitrogen and oxygen atoms in total. The van der Waals surface area contributed by atoms with E-state index in [2.05, 4.69) is 49.2 Å². The zero-order valence-electron chi connectivity index (χ0n) is 10.9. The maximum Gasteiger partial charge on any atom is 0.0393 e. The van der Waals surface area contributed by atoms with Crippen molar-refractivity contribution in [2.75, 3.05) is 0 Å². The van der Waals surface area contributed by atoms with Gasteiger partial charge in [-0.25, -0.2) is 0 Å². The van der Waals surface area contributed by atoms with E-state index in [9.17, 15) is 0 Å². The lowest BCUT2D eigenvalue weighted by molar-refractivity contribution is 1.35. The van der Waals surface area contributed by atoms with Crippen LogP contribution >= 0.6 is 11.3 Å². The molecule has 0 saturated carbocycles. The molecule has 2 aromatic carbocycles. The van der Waals surface area contributed by atoms with Gasteiger partial charge >= 0.3 is 0 Å². The van der Waals surface area contributed by atoms with E-state index in [1.165, 1.54) is 42.1 Å². The molecular formula is C17H13NS. The maximum absolute atomic E-state index is 4.29. The Morgan fingerprint density at radius 3 is 2.63 bits per heavy atom. The van der Waals surface area contributed by atoms with Gasteiger partial charge in [-0.2, -0.15) is 0 Å². The summed E-state index contributed by atoms with van der Waals surface area (Å²) in [5, 5.41) is 5.37. The Morgan fingerprint density at radius 2 is 1.74 bits per heavy atom. The van der Waals surface area contributed by atoms with Crippen LogP contribution in [0.2, 0.25) is 0 Å². The van der Waals surface area contributed by atoms with Crippen LogP contribution in [0.5, 0.6) is 0 Å². The average Bonchev–Trinajstić information content (AvgIpc) is 2.84. The molecular weight excluding hydrogens is 250 g/mol. The minimum absolute atomic E-state index is 1.27. The molecule has 0 unspecified atom stereocenters. The second-order valence-corrected chi connectivity index (χ2v) is 6.03. The minimum Gasteiger partial charge on any atom is -0.264 e. The number of aryl methyl sites for hydroxylation is 2. The van der Waals surface area contributed by atoms with Crippen LogP contribution in [0.15, 0.2) is 42.7 Å². The maximum atomic E-state index is 4.29. The van der Waals surface area contributed by atoms with Crippen molar-refractivity contribution in [1.82, 2.24) is 4.98 Å². The monoisotopic (exact) mass is 263 g/mol. The molecule has 19 heavy (non-hydrogen) atoms. The zero-order valence-corrected chi connectivity index (χ0v) is 11.7. The van der Waals surface area contributed by atoms with E-state index in [1.54, 1.807) is 0 Å². The molecule has 0 aliphatic carbocycles. The largest absolute Gasteiger partial charge is 0.264 e. The van der Waals surface area contributed by atoms with Crippen LogP contribution in [0.1, 0.15) is 11.1 Å². The summed E-state index contributed by atoms with van der Waals surface area (Å²) in [5.41, 5.74) is 2.72. The first-order chi connectivity index (χ1) is 9.27. The molecule has 0 bridgehead atoms. The van der Waals surface area contributed by atoms with Crippen molar-refractivity contribution < 1.29 is 0 Å². The van der Waals surface area contributed by atoms with E-state index in [4.69, 9.17) is 0 Å². The highest BCUT2D eigenvalue weighted by molar-refractivity contribution is 7.26. The second-order valence-electron chi connectivity index (χ2n) is 4.97. The van der Waals surface area contributed by atoms with Crippen molar-refractivity contribution >= 4 is 42.3 Å². The standard InChI is InChI=1S/C17H13NS/c1-10-14-9-18-8-7-12(14)11(2)17-16(10)13-5-3-4-6-15(13)19-17/h3-9H,1-2H3. The first-order valence-electron chi connectivity index (χ1n) is 6.41. The highest BCUT2D eigenvalue weighted by atomic mass is 32.1. The molecule has 2 aromatic heterocycles. The van der Waals surface area contributed by atoms with E-state index in [0.29, 0.717) is 0 Å². The van der Waals surface area contributed by atoms with Crippen LogP contribution in [-0.4, -0.2) is 4.98 Å². The third-order valence-electron chi connectivity index (χ3n) is 3.94. The Labute approximate surface area is 115 Å². The van der Waals surface area contributed by atoms with E-state index in [1.807, 2.05) is 23.7 Å². The molecule has 4 aromatic rings. The molecule has 0 radical (unpaired) electrons. The molecule has 0 aliphatic heterocycles. The summed E-state index contributed by atoms with van der Waals surface area (Å²) in [6, 6.07) is 10.8. The van der Waals surface area contributed by atoms with Crippen LogP contribution in [-0.2, 0) is 0 Å². The first-order valence-corrected chi connectivity index (χ1v) is 7.23. The summed E-state index contributed by atoms with van der Waals surface area (Å²) in [4.78, 5) is 4.29. The molecule has 2 heterocycles. The summed E-state index contributed by atoms with van der Waals surface area (Å²) in [7, 11) is 0. The lowest BCUT2D eigenvalue weighted by Crippen LogP contribution is -1.86. The van der Waals surface area contributed by atoms with Gasteiger partial charge in [0.2, 0.25) is 0 Å². The Morgan fingerprint density at radius 1 is 0.895 bits per heavy atom. The summed E-state index contributed by atoms with van der Waals surface area (Å²) in [6.07, 6.45) is 3.87. The normalized spacial score (nSPS) is 11.7. The fraction of sp³-hybridized carbons (Fsp3) is 0.118. The van der Waals surface area contributed by atoms with Crippen molar-refractivity contribution in [3.05, 3.63) is 53.9 Å². The molecule has 92 valence electrons. The molecule has 0 spiro atoms. The predicted octanol–water partition coefficient (Wildman–Crippen LogP) is 5.22. The highest BCUT2D eigenvalue weighted by Crippen LogP contribution is 2.41. The molecule has 4 rings (SSSR count). The van der Waals surface area contributed by atoms with Gasteiger partial charge in [-0.15, -0.1) is 11.3 Å². The summed E-state index contributed by atoms with van der Waals surface area (Å²) < 4.78 is 2.78. The average molecular weight is 263 g/mol. The third-order valence-corrected chi connectivity index (χ3v) is 5.23. The van der Waals surface area contributed by atoms with Crippen LogP contribution in [0, 0.1) is 13.8 Å². The van der Waals surface area contributed by atoms with Crippen LogP contribution in [0.25, 0.3) is 30.9 Å². The fourth-order valence-corrected chi connectivity index (χ4v) is 4.23. The van der Waals surface area contributed by atoms with Gasteiger partial charge in [-0.3, -0.25) is 4.98 Å². The van der Waals surface area contributed by atoms with E-state index in [0.717, 1.165) is 0 Å². The van der Waals surface area contributed by atoms with Gasteiger partial charge in [0.1, 0.15) is 0 Å². The van der Waals surface area contributed by atoms with E-state index >= 15 is 0 Å². The molecule has 0 amide bonds. The van der Waals surface area contributed by atoms with Crippen molar-refractivity contribution in [2.24, 2.45) is 0 Å². The number of fused-ring (bicyclic) bond motifs is 4. The highest BCUT2D eigenvalue weighted by Gasteiger charge is 2.13. The lowest BCUT2D eigenvalue weighted by atomic mass is 9.97. The molecule has 0 aliphatic rings. The second kappa shape index (κ2) is 3.78. The predicted molar refractivity (Wildman–Crippen MR) is 84.1 cm³/mol. The number of benzene rings is 2. The molecule has 0 fully saturated rings. The van der Waals surface area contributed by atoms with Gasteiger partial charge in [0.25, 0.3) is 0 Å². The van der Waals surface area contributed by atoms with Gasteiger partial charge in [0, 0.05) is 38.0 Å². The Hall–Kier alpha value is -1.93. The summed E-state index contributed by atoms with van der Waals surface area (Å²) in [6.45, 7) is 4.43. The number of hydrogen-bond acceptors (Lipinski definition) is 2. The van der Waals surface area contributed by atoms with Crippen LogP contribution in [0.4, 0.5) is 0 Å². The van der Waals surface area contributed by atoms with Crippen molar-refractivity contribution in [2.45, 2.75) is 13.8 Å². The SMILES string of the molecule is Cc1c2ccncc2c(C)c2c1sc1ccccc12. The van der Waals surface area contributed by atoms with Crippen LogP contribution in [0.3, 0.4) is 0 Å². The number of nitrogens with zero attached hydrogens (tertiary/aromatic N) is 1. The number of rotatable bonds is 0. The van der Waals surface area contributed by atoms with Crippen molar-refractivity contribution in [1.29, 1.82) is 0 Å². The minimum atomic E-state index is 1.27. The summed E-state index contributed by atoms with van der Waals surface area (Å²) >= 11 is 1.90. The number of pyridine rings is 1. The Kier molecular flexibility index (Phi) is 2.18. The smallest absolute Gasteiger partial charge is 0.0393 e. The van der Waals surface area contributed by atoms with Gasteiger partial charge < -0.3 is 0 Å². The number of aromatic nitrogens is 1. The van der Waals surface area contributed by atoms with Gasteiger partial charge in [0.05, 0.1) is 0 Å². The van der Waals surface area contributed by atoms with Crippen LogP contribution < -0.4 is 0 Å². The zero-order chi connectivity index (χ0) is 13.0. The molecule has 0 atom stereocenters. The quantitative estimate of drug-likeness (QED) is 0.424. The van der Waals surface area contributed by atoms with E-state index < -0.39 is 0 Å². The topological polar surface area (TPSA) is 12.9 Å². The number of thiophene rings is 1. The molecule has 2 heteroatoms.